The van der Waals surface area contributed by atoms with Crippen LogP contribution in [0.1, 0.15) is 19.0 Å². The van der Waals surface area contributed by atoms with Gasteiger partial charge in [0, 0.05) is 17.8 Å². The highest BCUT2D eigenvalue weighted by molar-refractivity contribution is 5.53. The number of aromatic nitrogens is 1. The van der Waals surface area contributed by atoms with Crippen molar-refractivity contribution in [1.82, 2.24) is 4.98 Å². The van der Waals surface area contributed by atoms with Crippen molar-refractivity contribution in [2.24, 2.45) is 0 Å². The number of hydrogen-bond acceptors (Lipinski definition) is 3. The minimum atomic E-state index is -0.265. The van der Waals surface area contributed by atoms with Crippen molar-refractivity contribution in [3.63, 3.8) is 0 Å². The number of anilines is 1. The number of hydrogen-bond donors (Lipinski definition) is 0. The Kier molecular flexibility index (Phi) is 4.71. The van der Waals surface area contributed by atoms with Gasteiger partial charge in [0.05, 0.1) is 12.2 Å². The van der Waals surface area contributed by atoms with Gasteiger partial charge < -0.3 is 9.32 Å². The molecule has 3 aromatic rings. The predicted octanol–water partition coefficient (Wildman–Crippen LogP) is 4.90. The van der Waals surface area contributed by atoms with Crippen LogP contribution in [0.2, 0.25) is 0 Å². The maximum absolute atomic E-state index is 13.0. The molecule has 1 heterocycles. The van der Waals surface area contributed by atoms with Gasteiger partial charge in [-0.15, -0.1) is 0 Å². The van der Waals surface area contributed by atoms with E-state index in [2.05, 4.69) is 28.9 Å². The van der Waals surface area contributed by atoms with E-state index in [1.165, 1.54) is 17.8 Å². The van der Waals surface area contributed by atoms with Crippen molar-refractivity contribution in [3.05, 3.63) is 72.4 Å². The molecule has 2 aromatic carbocycles. The summed E-state index contributed by atoms with van der Waals surface area (Å²) in [5.41, 5.74) is 2.81. The van der Waals surface area contributed by atoms with Gasteiger partial charge in [0.1, 0.15) is 12.1 Å². The zero-order valence-electron chi connectivity index (χ0n) is 13.1. The third-order valence-electron chi connectivity index (χ3n) is 3.61. The highest BCUT2D eigenvalue weighted by Gasteiger charge is 2.11. The molecule has 0 atom stereocenters. The highest BCUT2D eigenvalue weighted by atomic mass is 19.1. The Labute approximate surface area is 135 Å². The summed E-state index contributed by atoms with van der Waals surface area (Å²) in [6.07, 6.45) is 2.72. The van der Waals surface area contributed by atoms with Gasteiger partial charge in [-0.1, -0.05) is 25.1 Å². The molecule has 0 saturated carbocycles. The molecule has 23 heavy (non-hydrogen) atoms. The molecule has 0 unspecified atom stereocenters. The minimum Gasteiger partial charge on any atom is -0.444 e. The van der Waals surface area contributed by atoms with Crippen LogP contribution in [0.5, 0.6) is 0 Å². The summed E-state index contributed by atoms with van der Waals surface area (Å²) in [4.78, 5) is 6.80. The van der Waals surface area contributed by atoms with Crippen molar-refractivity contribution in [3.8, 4) is 11.5 Å². The number of benzene rings is 2. The van der Waals surface area contributed by atoms with Gasteiger partial charge in [-0.05, 0) is 42.8 Å². The second-order valence-electron chi connectivity index (χ2n) is 5.41. The molecule has 118 valence electrons. The van der Waals surface area contributed by atoms with E-state index in [0.29, 0.717) is 12.4 Å². The first-order valence-corrected chi connectivity index (χ1v) is 7.76. The molecule has 0 radical (unpaired) electrons. The topological polar surface area (TPSA) is 29.3 Å². The van der Waals surface area contributed by atoms with Crippen molar-refractivity contribution in [1.29, 1.82) is 0 Å². The van der Waals surface area contributed by atoms with Crippen LogP contribution in [0.25, 0.3) is 11.5 Å². The maximum Gasteiger partial charge on any atom is 0.226 e. The van der Waals surface area contributed by atoms with E-state index < -0.39 is 0 Å². The minimum absolute atomic E-state index is 0.265. The lowest BCUT2D eigenvalue weighted by Crippen LogP contribution is -2.23. The lowest BCUT2D eigenvalue weighted by Gasteiger charge is -2.23. The Hall–Kier alpha value is -2.62. The molecule has 0 aliphatic carbocycles. The molecule has 0 aliphatic heterocycles. The molecule has 0 fully saturated rings. The van der Waals surface area contributed by atoms with Gasteiger partial charge >= 0.3 is 0 Å². The fraction of sp³-hybridized carbons (Fsp3) is 0.211. The molecular formula is C19H19FN2O. The van der Waals surface area contributed by atoms with E-state index in [4.69, 9.17) is 4.42 Å². The van der Waals surface area contributed by atoms with Crippen LogP contribution in [0.15, 0.2) is 65.3 Å². The number of halogens is 1. The molecule has 1 aromatic heterocycles. The summed E-state index contributed by atoms with van der Waals surface area (Å²) < 4.78 is 18.5. The van der Waals surface area contributed by atoms with Crippen molar-refractivity contribution >= 4 is 5.69 Å². The molecule has 3 nitrogen and oxygen atoms in total. The van der Waals surface area contributed by atoms with Crippen LogP contribution < -0.4 is 4.90 Å². The number of para-hydroxylation sites is 1. The van der Waals surface area contributed by atoms with Crippen LogP contribution >= 0.6 is 0 Å². The summed E-state index contributed by atoms with van der Waals surface area (Å²) in [7, 11) is 0. The van der Waals surface area contributed by atoms with Crippen LogP contribution in [-0.2, 0) is 6.54 Å². The SMILES string of the molecule is CCCN(Cc1coc(-c2ccc(F)cc2)n1)c1ccccc1. The fourth-order valence-corrected chi connectivity index (χ4v) is 2.51. The summed E-state index contributed by atoms with van der Waals surface area (Å²) >= 11 is 0. The summed E-state index contributed by atoms with van der Waals surface area (Å²) in [5.74, 6) is 0.253. The van der Waals surface area contributed by atoms with E-state index in [1.54, 1.807) is 18.4 Å². The zero-order chi connectivity index (χ0) is 16.1. The third-order valence-corrected chi connectivity index (χ3v) is 3.61. The van der Waals surface area contributed by atoms with Crippen LogP contribution in [0, 0.1) is 5.82 Å². The molecule has 0 N–H and O–H groups in total. The average molecular weight is 310 g/mol. The standard InChI is InChI=1S/C19H19FN2O/c1-2-12-22(18-6-4-3-5-7-18)13-17-14-23-19(21-17)15-8-10-16(20)11-9-15/h3-11,14H,2,12-13H2,1H3. The Morgan fingerprint density at radius 3 is 2.48 bits per heavy atom. The van der Waals surface area contributed by atoms with Gasteiger partial charge in [0.25, 0.3) is 0 Å². The molecule has 0 spiro atoms. The fourth-order valence-electron chi connectivity index (χ4n) is 2.51. The second kappa shape index (κ2) is 7.09. The number of oxazole rings is 1. The summed E-state index contributed by atoms with van der Waals surface area (Å²) in [5, 5.41) is 0. The van der Waals surface area contributed by atoms with E-state index in [1.807, 2.05) is 18.2 Å². The lowest BCUT2D eigenvalue weighted by molar-refractivity contribution is 0.571. The highest BCUT2D eigenvalue weighted by Crippen LogP contribution is 2.21. The first kappa shape index (κ1) is 15.3. The Morgan fingerprint density at radius 2 is 1.78 bits per heavy atom. The number of rotatable bonds is 6. The summed E-state index contributed by atoms with van der Waals surface area (Å²) in [6, 6.07) is 16.4. The average Bonchev–Trinajstić information content (AvgIpc) is 3.04. The Balaban J connectivity index is 1.78. The lowest BCUT2D eigenvalue weighted by atomic mass is 10.2. The quantitative estimate of drug-likeness (QED) is 0.648. The largest absolute Gasteiger partial charge is 0.444 e. The van der Waals surface area contributed by atoms with Crippen molar-refractivity contribution in [2.75, 3.05) is 11.4 Å². The van der Waals surface area contributed by atoms with E-state index in [0.717, 1.165) is 24.2 Å². The van der Waals surface area contributed by atoms with E-state index in [9.17, 15) is 4.39 Å². The van der Waals surface area contributed by atoms with Crippen LogP contribution in [0.3, 0.4) is 0 Å². The monoisotopic (exact) mass is 310 g/mol. The van der Waals surface area contributed by atoms with Crippen LogP contribution in [-0.4, -0.2) is 11.5 Å². The van der Waals surface area contributed by atoms with Crippen molar-refractivity contribution < 1.29 is 8.81 Å². The van der Waals surface area contributed by atoms with E-state index in [-0.39, 0.29) is 5.82 Å². The number of nitrogens with zero attached hydrogens (tertiary/aromatic N) is 2. The normalized spacial score (nSPS) is 10.7. The smallest absolute Gasteiger partial charge is 0.226 e. The van der Waals surface area contributed by atoms with Gasteiger partial charge in [-0.2, -0.15) is 0 Å². The van der Waals surface area contributed by atoms with E-state index >= 15 is 0 Å². The molecule has 0 amide bonds. The molecule has 0 aliphatic rings. The Morgan fingerprint density at radius 1 is 1.04 bits per heavy atom. The van der Waals surface area contributed by atoms with Gasteiger partial charge in [0.15, 0.2) is 0 Å². The maximum atomic E-state index is 13.0. The molecule has 0 bridgehead atoms. The Bertz CT molecular complexity index is 738. The van der Waals surface area contributed by atoms with Gasteiger partial charge in [-0.3, -0.25) is 0 Å². The first-order chi connectivity index (χ1) is 11.3. The first-order valence-electron chi connectivity index (χ1n) is 7.76. The second-order valence-corrected chi connectivity index (χ2v) is 5.41. The zero-order valence-corrected chi connectivity index (χ0v) is 13.1. The summed E-state index contributed by atoms with van der Waals surface area (Å²) in [6.45, 7) is 3.79. The van der Waals surface area contributed by atoms with Gasteiger partial charge in [-0.25, -0.2) is 9.37 Å². The molecular weight excluding hydrogens is 291 g/mol. The molecule has 0 saturated heterocycles. The van der Waals surface area contributed by atoms with Gasteiger partial charge in [0.2, 0.25) is 5.89 Å². The van der Waals surface area contributed by atoms with Crippen molar-refractivity contribution in [2.45, 2.75) is 19.9 Å². The molecule has 3 rings (SSSR count). The molecule has 4 heteroatoms. The predicted molar refractivity (Wildman–Crippen MR) is 89.7 cm³/mol. The third kappa shape index (κ3) is 3.77. The van der Waals surface area contributed by atoms with Crippen LogP contribution in [0.4, 0.5) is 10.1 Å².